The standard InChI is InChI=1S/C23H28N2O3/c1-5-10-25-20-8-7-19(13-18(20)6-9-23(25)27)24-22(26)14-28-21-12-15(2)11-16(3)17(21)4/h7-8,11-13H,5-6,9-10,14H2,1-4H3,(H,24,26). The second kappa shape index (κ2) is 8.46. The van der Waals surface area contributed by atoms with Crippen LogP contribution in [0.25, 0.3) is 0 Å². The summed E-state index contributed by atoms with van der Waals surface area (Å²) in [4.78, 5) is 26.3. The molecule has 0 aliphatic carbocycles. The number of fused-ring (bicyclic) bond motifs is 1. The van der Waals surface area contributed by atoms with E-state index < -0.39 is 0 Å². The van der Waals surface area contributed by atoms with E-state index in [0.717, 1.165) is 52.3 Å². The number of carbonyl (C=O) groups is 2. The van der Waals surface area contributed by atoms with E-state index in [0.29, 0.717) is 12.8 Å². The zero-order valence-electron chi connectivity index (χ0n) is 17.1. The van der Waals surface area contributed by atoms with Crippen LogP contribution in [0.5, 0.6) is 5.75 Å². The number of hydrogen-bond acceptors (Lipinski definition) is 3. The van der Waals surface area contributed by atoms with Gasteiger partial charge in [0, 0.05) is 24.3 Å². The molecule has 0 unspecified atom stereocenters. The summed E-state index contributed by atoms with van der Waals surface area (Å²) in [7, 11) is 0. The van der Waals surface area contributed by atoms with E-state index in [-0.39, 0.29) is 18.4 Å². The molecule has 0 saturated carbocycles. The molecule has 1 N–H and O–H groups in total. The molecule has 28 heavy (non-hydrogen) atoms. The smallest absolute Gasteiger partial charge is 0.262 e. The van der Waals surface area contributed by atoms with Gasteiger partial charge in [-0.2, -0.15) is 0 Å². The molecule has 0 spiro atoms. The first-order valence-corrected chi connectivity index (χ1v) is 9.82. The average molecular weight is 380 g/mol. The summed E-state index contributed by atoms with van der Waals surface area (Å²) >= 11 is 0. The summed E-state index contributed by atoms with van der Waals surface area (Å²) in [6.07, 6.45) is 2.13. The van der Waals surface area contributed by atoms with Gasteiger partial charge in [-0.3, -0.25) is 9.59 Å². The quantitative estimate of drug-likeness (QED) is 0.812. The predicted octanol–water partition coefficient (Wildman–Crippen LogP) is 4.32. The van der Waals surface area contributed by atoms with E-state index >= 15 is 0 Å². The Labute approximate surface area is 166 Å². The van der Waals surface area contributed by atoms with Crippen LogP contribution in [0.4, 0.5) is 11.4 Å². The maximum absolute atomic E-state index is 12.4. The zero-order valence-corrected chi connectivity index (χ0v) is 17.1. The van der Waals surface area contributed by atoms with Crippen molar-refractivity contribution in [2.24, 2.45) is 0 Å². The summed E-state index contributed by atoms with van der Waals surface area (Å²) < 4.78 is 5.74. The summed E-state index contributed by atoms with van der Waals surface area (Å²) in [5, 5.41) is 2.90. The Morgan fingerprint density at radius 2 is 1.93 bits per heavy atom. The first-order chi connectivity index (χ1) is 13.4. The molecule has 0 saturated heterocycles. The van der Waals surface area contributed by atoms with Crippen LogP contribution in [-0.2, 0) is 16.0 Å². The van der Waals surface area contributed by atoms with Crippen molar-refractivity contribution < 1.29 is 14.3 Å². The Balaban J connectivity index is 1.66. The molecule has 0 bridgehead atoms. The topological polar surface area (TPSA) is 58.6 Å². The minimum absolute atomic E-state index is 0.0404. The Morgan fingerprint density at radius 3 is 2.68 bits per heavy atom. The second-order valence-electron chi connectivity index (χ2n) is 7.43. The Bertz CT molecular complexity index is 905. The number of aryl methyl sites for hydroxylation is 3. The van der Waals surface area contributed by atoms with Gasteiger partial charge in [0.05, 0.1) is 0 Å². The van der Waals surface area contributed by atoms with Crippen LogP contribution in [0.3, 0.4) is 0 Å². The second-order valence-corrected chi connectivity index (χ2v) is 7.43. The molecule has 0 aromatic heterocycles. The monoisotopic (exact) mass is 380 g/mol. The largest absolute Gasteiger partial charge is 0.483 e. The van der Waals surface area contributed by atoms with Crippen LogP contribution in [0.2, 0.25) is 0 Å². The van der Waals surface area contributed by atoms with E-state index in [4.69, 9.17) is 4.74 Å². The van der Waals surface area contributed by atoms with Crippen molar-refractivity contribution in [1.29, 1.82) is 0 Å². The average Bonchev–Trinajstić information content (AvgIpc) is 2.66. The molecule has 2 aromatic carbocycles. The highest BCUT2D eigenvalue weighted by atomic mass is 16.5. The molecule has 1 heterocycles. The van der Waals surface area contributed by atoms with Gasteiger partial charge in [-0.25, -0.2) is 0 Å². The van der Waals surface area contributed by atoms with Gasteiger partial charge in [0.25, 0.3) is 5.91 Å². The molecule has 148 valence electrons. The molecule has 5 nitrogen and oxygen atoms in total. The molecule has 1 aliphatic rings. The lowest BCUT2D eigenvalue weighted by Crippen LogP contribution is -2.35. The highest BCUT2D eigenvalue weighted by Crippen LogP contribution is 2.30. The van der Waals surface area contributed by atoms with Crippen LogP contribution in [0.1, 0.15) is 42.0 Å². The van der Waals surface area contributed by atoms with Crippen LogP contribution in [0, 0.1) is 20.8 Å². The number of benzene rings is 2. The number of anilines is 2. The SMILES string of the molecule is CCCN1C(=O)CCc2cc(NC(=O)COc3cc(C)cc(C)c3C)ccc21. The summed E-state index contributed by atoms with van der Waals surface area (Å²) in [5.74, 6) is 0.714. The van der Waals surface area contributed by atoms with Crippen LogP contribution in [0.15, 0.2) is 30.3 Å². The highest BCUT2D eigenvalue weighted by molar-refractivity contribution is 5.97. The Hall–Kier alpha value is -2.82. The number of nitrogens with one attached hydrogen (secondary N) is 1. The fraction of sp³-hybridized carbons (Fsp3) is 0.391. The van der Waals surface area contributed by atoms with Crippen molar-refractivity contribution in [2.75, 3.05) is 23.4 Å². The van der Waals surface area contributed by atoms with Crippen molar-refractivity contribution in [2.45, 2.75) is 47.0 Å². The van der Waals surface area contributed by atoms with Crippen molar-refractivity contribution in [3.05, 3.63) is 52.6 Å². The van der Waals surface area contributed by atoms with Crippen molar-refractivity contribution in [3.8, 4) is 5.75 Å². The molecule has 5 heteroatoms. The summed E-state index contributed by atoms with van der Waals surface area (Å²) in [6.45, 7) is 8.79. The van der Waals surface area contributed by atoms with E-state index in [9.17, 15) is 9.59 Å². The van der Waals surface area contributed by atoms with E-state index in [2.05, 4.69) is 18.3 Å². The lowest BCUT2D eigenvalue weighted by Gasteiger charge is -2.29. The van der Waals surface area contributed by atoms with Crippen molar-refractivity contribution in [3.63, 3.8) is 0 Å². The van der Waals surface area contributed by atoms with Gasteiger partial charge in [-0.15, -0.1) is 0 Å². The van der Waals surface area contributed by atoms with Gasteiger partial charge >= 0.3 is 0 Å². The summed E-state index contributed by atoms with van der Waals surface area (Å²) in [6, 6.07) is 9.78. The number of rotatable bonds is 6. The number of nitrogens with zero attached hydrogens (tertiary/aromatic N) is 1. The fourth-order valence-corrected chi connectivity index (χ4v) is 3.60. The maximum Gasteiger partial charge on any atom is 0.262 e. The van der Waals surface area contributed by atoms with Gasteiger partial charge in [0.15, 0.2) is 6.61 Å². The van der Waals surface area contributed by atoms with Crippen LogP contribution < -0.4 is 15.0 Å². The first kappa shape index (κ1) is 19.9. The normalized spacial score (nSPS) is 13.3. The number of carbonyl (C=O) groups excluding carboxylic acids is 2. The van der Waals surface area contributed by atoms with Gasteiger partial charge in [-0.1, -0.05) is 13.0 Å². The van der Waals surface area contributed by atoms with Crippen LogP contribution >= 0.6 is 0 Å². The van der Waals surface area contributed by atoms with E-state index in [1.54, 1.807) is 0 Å². The lowest BCUT2D eigenvalue weighted by molar-refractivity contribution is -0.119. The van der Waals surface area contributed by atoms with Gasteiger partial charge in [0.1, 0.15) is 5.75 Å². The third-order valence-corrected chi connectivity index (χ3v) is 5.13. The molecule has 0 radical (unpaired) electrons. The Morgan fingerprint density at radius 1 is 1.14 bits per heavy atom. The molecular weight excluding hydrogens is 352 g/mol. The minimum Gasteiger partial charge on any atom is -0.483 e. The minimum atomic E-state index is -0.198. The fourth-order valence-electron chi connectivity index (χ4n) is 3.60. The first-order valence-electron chi connectivity index (χ1n) is 9.82. The number of hydrogen-bond donors (Lipinski definition) is 1. The molecule has 0 fully saturated rings. The third kappa shape index (κ3) is 4.35. The lowest BCUT2D eigenvalue weighted by atomic mass is 10.00. The van der Waals surface area contributed by atoms with Crippen molar-refractivity contribution >= 4 is 23.2 Å². The molecule has 0 atom stereocenters. The Kier molecular flexibility index (Phi) is 6.02. The maximum atomic E-state index is 12.4. The zero-order chi connectivity index (χ0) is 20.3. The molecule has 2 amide bonds. The molecule has 3 rings (SSSR count). The van der Waals surface area contributed by atoms with Gasteiger partial charge < -0.3 is 15.0 Å². The molecular formula is C23H28N2O3. The van der Waals surface area contributed by atoms with Gasteiger partial charge in [-0.05, 0) is 80.1 Å². The highest BCUT2D eigenvalue weighted by Gasteiger charge is 2.23. The molecule has 2 aromatic rings. The van der Waals surface area contributed by atoms with E-state index in [1.807, 2.05) is 49.9 Å². The third-order valence-electron chi connectivity index (χ3n) is 5.13. The number of amides is 2. The molecule has 1 aliphatic heterocycles. The van der Waals surface area contributed by atoms with Gasteiger partial charge in [0.2, 0.25) is 5.91 Å². The van der Waals surface area contributed by atoms with Crippen molar-refractivity contribution in [1.82, 2.24) is 0 Å². The van der Waals surface area contributed by atoms with Crippen LogP contribution in [-0.4, -0.2) is 25.0 Å². The predicted molar refractivity (Wildman–Crippen MR) is 112 cm³/mol. The number of ether oxygens (including phenoxy) is 1. The summed E-state index contributed by atoms with van der Waals surface area (Å²) in [5.41, 5.74) is 6.09. The van der Waals surface area contributed by atoms with E-state index in [1.165, 1.54) is 0 Å².